The predicted molar refractivity (Wildman–Crippen MR) is 214 cm³/mol. The summed E-state index contributed by atoms with van der Waals surface area (Å²) in [6, 6.07) is -0.113. The van der Waals surface area contributed by atoms with E-state index in [4.69, 9.17) is 14.2 Å². The summed E-state index contributed by atoms with van der Waals surface area (Å²) in [5.74, 6) is 0.00180. The first-order chi connectivity index (χ1) is 26.2. The molecule has 6 atom stereocenters. The number of carbonyl (C=O) groups excluding carboxylic acids is 4. The minimum absolute atomic E-state index is 0.0844. The molecule has 6 unspecified atom stereocenters. The summed E-state index contributed by atoms with van der Waals surface area (Å²) in [5, 5.41) is 0. The smallest absolute Gasteiger partial charge is 0.410 e. The van der Waals surface area contributed by atoms with Gasteiger partial charge in [0.05, 0.1) is 6.04 Å². The normalized spacial score (nSPS) is 27.0. The topological polar surface area (TPSA) is 149 Å². The van der Waals surface area contributed by atoms with Gasteiger partial charge in [0.25, 0.3) is 0 Å². The van der Waals surface area contributed by atoms with Crippen LogP contribution in [0.15, 0.2) is 21.5 Å². The largest absolute Gasteiger partial charge is 0.444 e. The van der Waals surface area contributed by atoms with Crippen molar-refractivity contribution < 1.29 is 59.2 Å². The van der Waals surface area contributed by atoms with Crippen LogP contribution in [0.25, 0.3) is 0 Å². The summed E-state index contributed by atoms with van der Waals surface area (Å²) in [6.45, 7) is 16.5. The number of ketones is 1. The minimum Gasteiger partial charge on any atom is -0.444 e. The fraction of sp³-hybridized carbons (Fsp3) is 0.800. The van der Waals surface area contributed by atoms with E-state index in [1.807, 2.05) is 46.4 Å². The van der Waals surface area contributed by atoms with Gasteiger partial charge in [0.15, 0.2) is 0 Å². The molecule has 0 aromatic heterocycles. The second-order valence-electron chi connectivity index (χ2n) is 20.1. The number of hydrogen-bond donors (Lipinski definition) is 0. The van der Waals surface area contributed by atoms with E-state index in [0.29, 0.717) is 37.8 Å². The Bertz CT molecular complexity index is 1720. The number of nitrogens with zero attached hydrogens (tertiary/aromatic N) is 3. The Morgan fingerprint density at radius 2 is 0.966 bits per heavy atom. The quantitative estimate of drug-likeness (QED) is 0.116. The van der Waals surface area contributed by atoms with Gasteiger partial charge in [-0.1, -0.05) is 0 Å². The molecule has 6 bridgehead atoms. The molecule has 6 aliphatic heterocycles. The molecule has 4 saturated heterocycles. The van der Waals surface area contributed by atoms with Crippen molar-refractivity contribution in [2.45, 2.75) is 200 Å². The van der Waals surface area contributed by atoms with Crippen LogP contribution < -0.4 is 0 Å². The molecule has 4 fully saturated rings. The molecule has 0 N–H and O–H groups in total. The van der Waals surface area contributed by atoms with E-state index >= 15 is 0 Å². The molecule has 3 amide bonds. The molecule has 330 valence electrons. The van der Waals surface area contributed by atoms with Crippen molar-refractivity contribution in [2.75, 3.05) is 0 Å². The van der Waals surface area contributed by atoms with Gasteiger partial charge >= 0.3 is 149 Å². The van der Waals surface area contributed by atoms with Crippen LogP contribution in [-0.4, -0.2) is 124 Å². The Balaban J connectivity index is 0.000000196. The standard InChI is InChI=1S/C13H18F3NO5S.C12H19NO3.C12H18NO2.3CH3.Sn/c1-12(2,3)21-11(18)17-8-4-5-9(17)7-10(6-8)22-23(19,20)13(14,15)16;1-12(2,3)16-11(15)13-8-4-5-9(13)7-10(14)6-8;1-12(2,3)15-11(14)13-9-5-4-6-10(13)8-7-9;;;;/h6,8-9H,4-5,7H2,1-3H3;8-9H,4-7H2,1-3H3;5,9-10H,6-8H2,1-3H3;3*1H3;. The minimum atomic E-state index is -5.69. The third kappa shape index (κ3) is 12.7. The Morgan fingerprint density at radius 1 is 0.603 bits per heavy atom. The van der Waals surface area contributed by atoms with Gasteiger partial charge in [0.2, 0.25) is 0 Å². The van der Waals surface area contributed by atoms with Crippen LogP contribution in [0.1, 0.15) is 127 Å². The second kappa shape index (κ2) is 17.3. The molecule has 0 radical (unpaired) electrons. The molecule has 0 spiro atoms. The molecule has 58 heavy (non-hydrogen) atoms. The van der Waals surface area contributed by atoms with Gasteiger partial charge in [-0.2, -0.15) is 21.6 Å². The molecule has 0 aliphatic carbocycles. The predicted octanol–water partition coefficient (Wildman–Crippen LogP) is 8.99. The van der Waals surface area contributed by atoms with Crippen LogP contribution in [0.2, 0.25) is 14.8 Å². The molecule has 0 saturated carbocycles. The van der Waals surface area contributed by atoms with Crippen LogP contribution >= 0.6 is 0 Å². The fourth-order valence-corrected chi connectivity index (χ4v) is 13.1. The number of alkyl halides is 3. The number of halogens is 3. The summed E-state index contributed by atoms with van der Waals surface area (Å²) in [4.78, 5) is 60.4. The Hall–Kier alpha value is -2.70. The zero-order valence-corrected chi connectivity index (χ0v) is 39.8. The maximum absolute atomic E-state index is 12.4. The zero-order valence-electron chi connectivity index (χ0n) is 36.2. The summed E-state index contributed by atoms with van der Waals surface area (Å²) in [7, 11) is -5.69. The van der Waals surface area contributed by atoms with Crippen molar-refractivity contribution in [3.63, 3.8) is 0 Å². The number of rotatable bonds is 3. The molecular formula is C40H64F3N3O10SSn. The van der Waals surface area contributed by atoms with Gasteiger partial charge in [-0.25, -0.2) is 9.59 Å². The fourth-order valence-electron chi connectivity index (χ4n) is 8.21. The molecule has 13 nitrogen and oxygen atoms in total. The first-order valence-electron chi connectivity index (χ1n) is 20.2. The number of amides is 3. The summed E-state index contributed by atoms with van der Waals surface area (Å²) in [6.07, 6.45) is 9.88. The maximum Gasteiger partial charge on any atom is 0.410 e. The number of carbonyl (C=O) groups is 4. The average molecular weight is 955 g/mol. The SMILES string of the molecule is CC(C)(C)OC(=O)N1C2C=C(OS(=O)(=O)C(F)(F)F)CC1CC2.CC(C)(C)OC(=O)N1C2C=[C]([Sn]([CH3])([CH3])[CH3])CC1CC2.CC(C)(C)OC(=O)N1C2CCC1CC(=O)C2. The number of Topliss-reactive ketones (excluding diaryl/α,β-unsaturated/α-hetero) is 1. The number of hydrogen-bond acceptors (Lipinski definition) is 10. The molecule has 18 heteroatoms. The van der Waals surface area contributed by atoms with Crippen LogP contribution in [0, 0.1) is 0 Å². The first kappa shape index (κ1) is 48.0. The van der Waals surface area contributed by atoms with E-state index in [1.54, 1.807) is 29.3 Å². The number of piperidine rings is 1. The van der Waals surface area contributed by atoms with Crippen LogP contribution in [-0.2, 0) is 33.3 Å². The van der Waals surface area contributed by atoms with E-state index in [2.05, 4.69) is 25.1 Å². The van der Waals surface area contributed by atoms with E-state index in [-0.39, 0.29) is 42.2 Å². The number of ether oxygens (including phenoxy) is 3. The van der Waals surface area contributed by atoms with Gasteiger partial charge in [-0.15, -0.1) is 0 Å². The molecule has 6 aliphatic rings. The summed E-state index contributed by atoms with van der Waals surface area (Å²) < 4.78 is 81.3. The van der Waals surface area contributed by atoms with E-state index in [1.165, 1.54) is 11.0 Å². The van der Waals surface area contributed by atoms with Crippen molar-refractivity contribution in [1.29, 1.82) is 0 Å². The zero-order chi connectivity index (χ0) is 44.0. The van der Waals surface area contributed by atoms with E-state index in [0.717, 1.165) is 32.1 Å². The van der Waals surface area contributed by atoms with Gasteiger partial charge in [0.1, 0.15) is 22.7 Å². The van der Waals surface area contributed by atoms with Crippen LogP contribution in [0.5, 0.6) is 0 Å². The van der Waals surface area contributed by atoms with Crippen molar-refractivity contribution in [3.05, 3.63) is 21.5 Å². The molecule has 0 aromatic rings. The van der Waals surface area contributed by atoms with Gasteiger partial charge in [-0.05, 0) is 73.3 Å². The van der Waals surface area contributed by atoms with Gasteiger partial charge < -0.3 is 18.6 Å². The van der Waals surface area contributed by atoms with Gasteiger partial charge in [-0.3, -0.25) is 9.69 Å². The van der Waals surface area contributed by atoms with E-state index in [9.17, 15) is 40.8 Å². The molecule has 6 heterocycles. The Labute approximate surface area is 346 Å². The van der Waals surface area contributed by atoms with E-state index < -0.39 is 69.0 Å². The van der Waals surface area contributed by atoms with Crippen molar-refractivity contribution >= 4 is 52.6 Å². The third-order valence-corrected chi connectivity index (χ3v) is 18.1. The summed E-state index contributed by atoms with van der Waals surface area (Å²) in [5.41, 5.74) is -7.03. The second-order valence-corrected chi connectivity index (χ2v) is 36.3. The van der Waals surface area contributed by atoms with Crippen molar-refractivity contribution in [3.8, 4) is 0 Å². The van der Waals surface area contributed by atoms with Crippen LogP contribution in [0.3, 0.4) is 0 Å². The average Bonchev–Trinajstić information content (AvgIpc) is 3.56. The molecule has 0 aromatic carbocycles. The molecular weight excluding hydrogens is 890 g/mol. The number of fused-ring (bicyclic) bond motifs is 6. The van der Waals surface area contributed by atoms with Crippen LogP contribution in [0.4, 0.5) is 27.6 Å². The van der Waals surface area contributed by atoms with Crippen molar-refractivity contribution in [2.24, 2.45) is 0 Å². The molecule has 6 rings (SSSR count). The monoisotopic (exact) mass is 955 g/mol. The maximum atomic E-state index is 12.4. The Morgan fingerprint density at radius 3 is 1.33 bits per heavy atom. The first-order valence-corrected chi connectivity index (χ1v) is 31.6. The van der Waals surface area contributed by atoms with Crippen molar-refractivity contribution in [1.82, 2.24) is 14.7 Å². The third-order valence-electron chi connectivity index (χ3n) is 10.6. The van der Waals surface area contributed by atoms with Gasteiger partial charge in [0, 0.05) is 37.4 Å². The summed E-state index contributed by atoms with van der Waals surface area (Å²) >= 11 is -1.97. The Kier molecular flexibility index (Phi) is 14.3.